The number of hydrogen-bond acceptors (Lipinski definition) is 2. The van der Waals surface area contributed by atoms with E-state index in [1.54, 1.807) is 6.92 Å². The Hall–Kier alpha value is -2.29. The molecule has 2 rings (SSSR count). The van der Waals surface area contributed by atoms with Gasteiger partial charge in [0.1, 0.15) is 5.75 Å². The van der Waals surface area contributed by atoms with Crippen LogP contribution >= 0.6 is 0 Å². The summed E-state index contributed by atoms with van der Waals surface area (Å²) in [5.74, 6) is 1.02. The molecule has 128 valence electrons. The lowest BCUT2D eigenvalue weighted by atomic mass is 10.0. The monoisotopic (exact) mass is 325 g/mol. The molecule has 0 aromatic heterocycles. The van der Waals surface area contributed by atoms with Gasteiger partial charge in [-0.05, 0) is 43.9 Å². The molecule has 0 fully saturated rings. The maximum Gasteiger partial charge on any atom is 0.261 e. The van der Waals surface area contributed by atoms with Crippen molar-refractivity contribution in [3.63, 3.8) is 0 Å². The molecule has 2 aromatic carbocycles. The van der Waals surface area contributed by atoms with Crippen molar-refractivity contribution in [3.8, 4) is 5.75 Å². The van der Waals surface area contributed by atoms with Gasteiger partial charge in [0.2, 0.25) is 0 Å². The minimum atomic E-state index is -0.544. The van der Waals surface area contributed by atoms with Crippen LogP contribution in [0.15, 0.2) is 48.5 Å². The average Bonchev–Trinajstić information content (AvgIpc) is 2.55. The Bertz CT molecular complexity index is 676. The van der Waals surface area contributed by atoms with Gasteiger partial charge in [0.15, 0.2) is 6.10 Å². The van der Waals surface area contributed by atoms with Crippen LogP contribution in [0.25, 0.3) is 0 Å². The standard InChI is InChI=1S/C21H27NO2/c1-14(2)19-8-6-7-9-20(19)24-17(5)21(23)22-16(4)18-12-10-15(3)11-13-18/h6-14,16-17H,1-5H3,(H,22,23)/t16-,17-/m1/s1. The molecule has 0 heterocycles. The second-order valence-electron chi connectivity index (χ2n) is 6.59. The largest absolute Gasteiger partial charge is 0.481 e. The second kappa shape index (κ2) is 8.00. The van der Waals surface area contributed by atoms with Crippen molar-refractivity contribution in [1.29, 1.82) is 0 Å². The smallest absolute Gasteiger partial charge is 0.261 e. The van der Waals surface area contributed by atoms with Crippen molar-refractivity contribution in [3.05, 3.63) is 65.2 Å². The summed E-state index contributed by atoms with van der Waals surface area (Å²) in [7, 11) is 0. The van der Waals surface area contributed by atoms with E-state index in [2.05, 4.69) is 38.2 Å². The third-order valence-corrected chi connectivity index (χ3v) is 4.15. The molecule has 0 bridgehead atoms. The Labute approximate surface area is 145 Å². The van der Waals surface area contributed by atoms with Gasteiger partial charge in [-0.1, -0.05) is 61.9 Å². The number of para-hydroxylation sites is 1. The van der Waals surface area contributed by atoms with Gasteiger partial charge in [-0.3, -0.25) is 4.79 Å². The van der Waals surface area contributed by atoms with Crippen LogP contribution in [0, 0.1) is 6.92 Å². The minimum absolute atomic E-state index is 0.0514. The lowest BCUT2D eigenvalue weighted by Crippen LogP contribution is -2.37. The Balaban J connectivity index is 2.01. The molecule has 0 spiro atoms. The number of carbonyl (C=O) groups excluding carboxylic acids is 1. The highest BCUT2D eigenvalue weighted by molar-refractivity contribution is 5.81. The van der Waals surface area contributed by atoms with Gasteiger partial charge in [0.25, 0.3) is 5.91 Å². The molecule has 0 aliphatic heterocycles. The van der Waals surface area contributed by atoms with Gasteiger partial charge in [-0.15, -0.1) is 0 Å². The van der Waals surface area contributed by atoms with Crippen LogP contribution in [0.3, 0.4) is 0 Å². The zero-order valence-electron chi connectivity index (χ0n) is 15.2. The molecule has 0 aliphatic rings. The first-order chi connectivity index (χ1) is 11.4. The van der Waals surface area contributed by atoms with E-state index in [0.717, 1.165) is 16.9 Å². The first kappa shape index (κ1) is 18.1. The quantitative estimate of drug-likeness (QED) is 0.831. The molecule has 3 heteroatoms. The lowest BCUT2D eigenvalue weighted by Gasteiger charge is -2.21. The van der Waals surface area contributed by atoms with Gasteiger partial charge in [0.05, 0.1) is 6.04 Å². The van der Waals surface area contributed by atoms with Crippen molar-refractivity contribution >= 4 is 5.91 Å². The molecule has 2 atom stereocenters. The van der Waals surface area contributed by atoms with E-state index in [0.29, 0.717) is 5.92 Å². The molecule has 0 unspecified atom stereocenters. The normalized spacial score (nSPS) is 13.4. The van der Waals surface area contributed by atoms with E-state index in [4.69, 9.17) is 4.74 Å². The van der Waals surface area contributed by atoms with E-state index < -0.39 is 6.10 Å². The SMILES string of the molecule is Cc1ccc([C@@H](C)NC(=O)[C@@H](C)Oc2ccccc2C(C)C)cc1. The molecule has 24 heavy (non-hydrogen) atoms. The number of hydrogen-bond donors (Lipinski definition) is 1. The summed E-state index contributed by atoms with van der Waals surface area (Å²) in [5.41, 5.74) is 3.41. The fourth-order valence-electron chi connectivity index (χ4n) is 2.58. The Morgan fingerprint density at radius 3 is 2.21 bits per heavy atom. The summed E-state index contributed by atoms with van der Waals surface area (Å²) in [6.07, 6.45) is -0.544. The predicted molar refractivity (Wildman–Crippen MR) is 98.4 cm³/mol. The molecule has 0 radical (unpaired) electrons. The first-order valence-electron chi connectivity index (χ1n) is 8.51. The number of nitrogens with one attached hydrogen (secondary N) is 1. The summed E-state index contributed by atoms with van der Waals surface area (Å²) < 4.78 is 5.91. The van der Waals surface area contributed by atoms with Crippen LogP contribution < -0.4 is 10.1 Å². The van der Waals surface area contributed by atoms with E-state index in [9.17, 15) is 4.79 Å². The fourth-order valence-corrected chi connectivity index (χ4v) is 2.58. The highest BCUT2D eigenvalue weighted by atomic mass is 16.5. The van der Waals surface area contributed by atoms with Crippen LogP contribution in [-0.4, -0.2) is 12.0 Å². The number of benzene rings is 2. The van der Waals surface area contributed by atoms with Gasteiger partial charge in [-0.25, -0.2) is 0 Å². The van der Waals surface area contributed by atoms with Gasteiger partial charge in [-0.2, -0.15) is 0 Å². The Morgan fingerprint density at radius 1 is 0.958 bits per heavy atom. The lowest BCUT2D eigenvalue weighted by molar-refractivity contribution is -0.127. The predicted octanol–water partition coefficient (Wildman–Crippen LogP) is 4.76. The molecule has 0 aliphatic carbocycles. The van der Waals surface area contributed by atoms with Crippen LogP contribution in [-0.2, 0) is 4.79 Å². The third-order valence-electron chi connectivity index (χ3n) is 4.15. The van der Waals surface area contributed by atoms with Gasteiger partial charge in [0, 0.05) is 0 Å². The molecular weight excluding hydrogens is 298 g/mol. The highest BCUT2D eigenvalue weighted by Crippen LogP contribution is 2.26. The number of amides is 1. The van der Waals surface area contributed by atoms with Crippen LogP contribution in [0.2, 0.25) is 0 Å². The minimum Gasteiger partial charge on any atom is -0.481 e. The molecule has 3 nitrogen and oxygen atoms in total. The summed E-state index contributed by atoms with van der Waals surface area (Å²) in [4.78, 5) is 12.4. The van der Waals surface area contributed by atoms with Crippen LogP contribution in [0.4, 0.5) is 0 Å². The first-order valence-corrected chi connectivity index (χ1v) is 8.51. The van der Waals surface area contributed by atoms with Gasteiger partial charge < -0.3 is 10.1 Å². The second-order valence-corrected chi connectivity index (χ2v) is 6.59. The van der Waals surface area contributed by atoms with Gasteiger partial charge >= 0.3 is 0 Å². The maximum atomic E-state index is 12.4. The molecule has 2 aromatic rings. The zero-order chi connectivity index (χ0) is 17.7. The van der Waals surface area contributed by atoms with Crippen LogP contribution in [0.1, 0.15) is 56.3 Å². The molecule has 0 saturated carbocycles. The van der Waals surface area contributed by atoms with E-state index in [-0.39, 0.29) is 11.9 Å². The summed E-state index contributed by atoms with van der Waals surface area (Å²) >= 11 is 0. The number of aryl methyl sites for hydroxylation is 1. The van der Waals surface area contributed by atoms with Crippen molar-refractivity contribution in [2.45, 2.75) is 52.7 Å². The summed E-state index contributed by atoms with van der Waals surface area (Å²) in [5, 5.41) is 3.02. The Kier molecular flexibility index (Phi) is 6.02. The molecule has 0 saturated heterocycles. The van der Waals surface area contributed by atoms with Crippen molar-refractivity contribution in [2.24, 2.45) is 0 Å². The fraction of sp³-hybridized carbons (Fsp3) is 0.381. The Morgan fingerprint density at radius 2 is 1.58 bits per heavy atom. The molecular formula is C21H27NO2. The molecule has 1 N–H and O–H groups in total. The van der Waals surface area contributed by atoms with E-state index in [1.165, 1.54) is 5.56 Å². The summed E-state index contributed by atoms with van der Waals surface area (Å²) in [6, 6.07) is 16.0. The van der Waals surface area contributed by atoms with Crippen LogP contribution in [0.5, 0.6) is 5.75 Å². The zero-order valence-corrected chi connectivity index (χ0v) is 15.2. The number of ether oxygens (including phenoxy) is 1. The number of carbonyl (C=O) groups is 1. The van der Waals surface area contributed by atoms with Crippen molar-refractivity contribution in [2.75, 3.05) is 0 Å². The highest BCUT2D eigenvalue weighted by Gasteiger charge is 2.19. The van der Waals surface area contributed by atoms with E-state index in [1.807, 2.05) is 43.3 Å². The van der Waals surface area contributed by atoms with Crippen molar-refractivity contribution < 1.29 is 9.53 Å². The summed E-state index contributed by atoms with van der Waals surface area (Å²) in [6.45, 7) is 10.1. The van der Waals surface area contributed by atoms with E-state index >= 15 is 0 Å². The third kappa shape index (κ3) is 4.60. The topological polar surface area (TPSA) is 38.3 Å². The number of rotatable bonds is 6. The average molecular weight is 325 g/mol. The maximum absolute atomic E-state index is 12.4. The van der Waals surface area contributed by atoms with Crippen molar-refractivity contribution in [1.82, 2.24) is 5.32 Å². The molecule has 1 amide bonds.